The first-order valence-corrected chi connectivity index (χ1v) is 8.03. The first-order valence-electron chi connectivity index (χ1n) is 8.03. The predicted molar refractivity (Wildman–Crippen MR) is 83.1 cm³/mol. The number of fused-ring (bicyclic) bond motifs is 1. The van der Waals surface area contributed by atoms with Crippen LogP contribution in [0.3, 0.4) is 0 Å². The minimum atomic E-state index is -0.256. The number of imidazole rings is 1. The second-order valence-corrected chi connectivity index (χ2v) is 6.26. The highest BCUT2D eigenvalue weighted by Gasteiger charge is 2.34. The molecule has 2 aromatic rings. The van der Waals surface area contributed by atoms with Gasteiger partial charge in [-0.1, -0.05) is 12.1 Å². The molecule has 1 atom stereocenters. The van der Waals surface area contributed by atoms with Crippen molar-refractivity contribution in [2.24, 2.45) is 0 Å². The van der Waals surface area contributed by atoms with Crippen molar-refractivity contribution in [3.63, 3.8) is 0 Å². The third-order valence-electron chi connectivity index (χ3n) is 4.53. The monoisotopic (exact) mass is 314 g/mol. The van der Waals surface area contributed by atoms with Gasteiger partial charge < -0.3 is 14.8 Å². The van der Waals surface area contributed by atoms with Gasteiger partial charge in [-0.15, -0.1) is 0 Å². The van der Waals surface area contributed by atoms with E-state index in [0.717, 1.165) is 37.2 Å². The van der Waals surface area contributed by atoms with Crippen LogP contribution in [0.4, 0.5) is 9.18 Å². The molecule has 120 valence electrons. The Morgan fingerprint density at radius 3 is 2.83 bits per heavy atom. The Morgan fingerprint density at radius 2 is 2.09 bits per heavy atom. The van der Waals surface area contributed by atoms with Gasteiger partial charge in [-0.05, 0) is 37.0 Å². The molecule has 6 heteroatoms. The summed E-state index contributed by atoms with van der Waals surface area (Å²) in [5.74, 6) is 0.671. The van der Waals surface area contributed by atoms with Crippen LogP contribution in [-0.2, 0) is 13.1 Å². The summed E-state index contributed by atoms with van der Waals surface area (Å²) < 4.78 is 15.1. The minimum absolute atomic E-state index is 0.0213. The van der Waals surface area contributed by atoms with Crippen molar-refractivity contribution >= 4 is 6.03 Å². The number of carbonyl (C=O) groups is 1. The van der Waals surface area contributed by atoms with Gasteiger partial charge in [0, 0.05) is 31.5 Å². The van der Waals surface area contributed by atoms with Crippen molar-refractivity contribution in [1.29, 1.82) is 0 Å². The summed E-state index contributed by atoms with van der Waals surface area (Å²) in [6.45, 7) is 1.40. The molecule has 2 amide bonds. The summed E-state index contributed by atoms with van der Waals surface area (Å²) in [5.41, 5.74) is 0.946. The number of aryl methyl sites for hydroxylation is 1. The number of aromatic nitrogens is 2. The van der Waals surface area contributed by atoms with E-state index in [4.69, 9.17) is 0 Å². The molecule has 2 heterocycles. The Labute approximate surface area is 134 Å². The molecule has 5 nitrogen and oxygen atoms in total. The Morgan fingerprint density at radius 1 is 1.30 bits per heavy atom. The first-order chi connectivity index (χ1) is 11.2. The van der Waals surface area contributed by atoms with Crippen molar-refractivity contribution in [3.8, 4) is 0 Å². The highest BCUT2D eigenvalue weighted by Crippen LogP contribution is 2.30. The molecule has 4 rings (SSSR count). The number of hydrogen-bond donors (Lipinski definition) is 1. The number of carbonyl (C=O) groups excluding carboxylic acids is 1. The van der Waals surface area contributed by atoms with E-state index in [1.165, 1.54) is 12.1 Å². The Kier molecular flexibility index (Phi) is 3.52. The molecule has 1 N–H and O–H groups in total. The highest BCUT2D eigenvalue weighted by atomic mass is 19.1. The maximum Gasteiger partial charge on any atom is 0.318 e. The second-order valence-electron chi connectivity index (χ2n) is 6.26. The van der Waals surface area contributed by atoms with Gasteiger partial charge in [0.15, 0.2) is 0 Å². The maximum atomic E-state index is 13.0. The van der Waals surface area contributed by atoms with Crippen LogP contribution >= 0.6 is 0 Å². The molecule has 0 spiro atoms. The third-order valence-corrected chi connectivity index (χ3v) is 4.53. The number of nitrogens with one attached hydrogen (secondary N) is 1. The van der Waals surface area contributed by atoms with Crippen LogP contribution in [0.2, 0.25) is 0 Å². The molecule has 1 aromatic carbocycles. The van der Waals surface area contributed by atoms with Gasteiger partial charge in [0.05, 0.1) is 6.04 Å². The van der Waals surface area contributed by atoms with Crippen molar-refractivity contribution < 1.29 is 9.18 Å². The fourth-order valence-electron chi connectivity index (χ4n) is 3.13. The van der Waals surface area contributed by atoms with Gasteiger partial charge in [-0.2, -0.15) is 0 Å². The summed E-state index contributed by atoms with van der Waals surface area (Å²) in [6.07, 6.45) is 6.66. The molecule has 1 saturated carbocycles. The average Bonchev–Trinajstić information content (AvgIpc) is 3.15. The van der Waals surface area contributed by atoms with Crippen LogP contribution < -0.4 is 5.32 Å². The second kappa shape index (κ2) is 5.68. The van der Waals surface area contributed by atoms with E-state index in [2.05, 4.69) is 14.9 Å². The smallest absolute Gasteiger partial charge is 0.318 e. The molecule has 2 aliphatic rings. The van der Waals surface area contributed by atoms with Gasteiger partial charge in [0.1, 0.15) is 11.6 Å². The van der Waals surface area contributed by atoms with Gasteiger partial charge >= 0.3 is 6.03 Å². The molecular weight excluding hydrogens is 295 g/mol. The summed E-state index contributed by atoms with van der Waals surface area (Å²) in [7, 11) is 0. The summed E-state index contributed by atoms with van der Waals surface area (Å²) in [4.78, 5) is 18.9. The molecule has 0 saturated heterocycles. The SMILES string of the molecule is O=C(NC1CCn2ccnc21)N(Cc1ccc(F)cc1)C1CC1. The Balaban J connectivity index is 1.45. The fraction of sp³-hybridized carbons (Fsp3) is 0.412. The molecule has 0 radical (unpaired) electrons. The lowest BCUT2D eigenvalue weighted by molar-refractivity contribution is 0.187. The van der Waals surface area contributed by atoms with Crippen LogP contribution in [0.25, 0.3) is 0 Å². The van der Waals surface area contributed by atoms with Gasteiger partial charge in [-0.25, -0.2) is 14.2 Å². The van der Waals surface area contributed by atoms with Crippen molar-refractivity contribution in [1.82, 2.24) is 19.8 Å². The maximum absolute atomic E-state index is 13.0. The molecular formula is C17H19FN4O. The molecule has 23 heavy (non-hydrogen) atoms. The number of nitrogens with zero attached hydrogens (tertiary/aromatic N) is 3. The largest absolute Gasteiger partial charge is 0.333 e. The van der Waals surface area contributed by atoms with Crippen LogP contribution in [0.1, 0.15) is 36.7 Å². The molecule has 1 aliphatic heterocycles. The molecule has 1 unspecified atom stereocenters. The molecule has 1 fully saturated rings. The average molecular weight is 314 g/mol. The van der Waals surface area contributed by atoms with Gasteiger partial charge in [0.25, 0.3) is 0 Å². The Hall–Kier alpha value is -2.37. The van der Waals surface area contributed by atoms with Crippen LogP contribution in [-0.4, -0.2) is 26.5 Å². The van der Waals surface area contributed by atoms with Crippen LogP contribution in [0.5, 0.6) is 0 Å². The number of hydrogen-bond acceptors (Lipinski definition) is 2. The van der Waals surface area contributed by atoms with E-state index in [9.17, 15) is 9.18 Å². The molecule has 1 aromatic heterocycles. The van der Waals surface area contributed by atoms with E-state index in [-0.39, 0.29) is 17.9 Å². The summed E-state index contributed by atoms with van der Waals surface area (Å²) >= 11 is 0. The van der Waals surface area contributed by atoms with E-state index in [1.807, 2.05) is 11.1 Å². The van der Waals surface area contributed by atoms with E-state index < -0.39 is 0 Å². The number of halogens is 1. The lowest BCUT2D eigenvalue weighted by atomic mass is 10.2. The van der Waals surface area contributed by atoms with Crippen molar-refractivity contribution in [3.05, 3.63) is 53.9 Å². The fourth-order valence-corrected chi connectivity index (χ4v) is 3.13. The topological polar surface area (TPSA) is 50.2 Å². The molecule has 1 aliphatic carbocycles. The predicted octanol–water partition coefficient (Wildman–Crippen LogP) is 2.84. The minimum Gasteiger partial charge on any atom is -0.333 e. The van der Waals surface area contributed by atoms with E-state index in [1.54, 1.807) is 18.3 Å². The van der Waals surface area contributed by atoms with Gasteiger partial charge in [-0.3, -0.25) is 0 Å². The normalized spacial score (nSPS) is 19.4. The number of rotatable bonds is 4. The zero-order chi connectivity index (χ0) is 15.8. The zero-order valence-electron chi connectivity index (χ0n) is 12.8. The van der Waals surface area contributed by atoms with E-state index >= 15 is 0 Å². The lowest BCUT2D eigenvalue weighted by Gasteiger charge is -2.25. The summed E-state index contributed by atoms with van der Waals surface area (Å²) in [5, 5.41) is 3.10. The molecule has 0 bridgehead atoms. The highest BCUT2D eigenvalue weighted by molar-refractivity contribution is 5.75. The standard InChI is InChI=1S/C17H19FN4O/c18-13-3-1-12(2-4-13)11-22(14-5-6-14)17(23)20-15-7-9-21-10-8-19-16(15)21/h1-4,8,10,14-15H,5-7,9,11H2,(H,20,23). The number of benzene rings is 1. The van der Waals surface area contributed by atoms with E-state index in [0.29, 0.717) is 12.6 Å². The lowest BCUT2D eigenvalue weighted by Crippen LogP contribution is -2.42. The number of urea groups is 1. The van der Waals surface area contributed by atoms with Crippen molar-refractivity contribution in [2.45, 2.75) is 44.4 Å². The van der Waals surface area contributed by atoms with Crippen LogP contribution in [0.15, 0.2) is 36.7 Å². The Bertz CT molecular complexity index is 708. The first kappa shape index (κ1) is 14.2. The summed E-state index contributed by atoms with van der Waals surface area (Å²) in [6, 6.07) is 6.56. The van der Waals surface area contributed by atoms with Crippen LogP contribution in [0, 0.1) is 5.82 Å². The third kappa shape index (κ3) is 2.93. The zero-order valence-corrected chi connectivity index (χ0v) is 12.8. The van der Waals surface area contributed by atoms with Gasteiger partial charge in [0.2, 0.25) is 0 Å². The quantitative estimate of drug-likeness (QED) is 0.943. The number of amides is 2. The van der Waals surface area contributed by atoms with Crippen molar-refractivity contribution in [2.75, 3.05) is 0 Å².